The fourth-order valence-corrected chi connectivity index (χ4v) is 3.33. The molecular formula is C15H22FNO2S. The van der Waals surface area contributed by atoms with Crippen molar-refractivity contribution in [2.45, 2.75) is 25.2 Å². The van der Waals surface area contributed by atoms with Gasteiger partial charge >= 0.3 is 0 Å². The molecule has 1 saturated heterocycles. The summed E-state index contributed by atoms with van der Waals surface area (Å²) < 4.78 is 35.4. The lowest BCUT2D eigenvalue weighted by molar-refractivity contribution is 0.300. The Morgan fingerprint density at radius 3 is 2.55 bits per heavy atom. The minimum atomic E-state index is -2.89. The Hall–Kier alpha value is -0.940. The lowest BCUT2D eigenvalue weighted by atomic mass is 9.92. The number of rotatable bonds is 4. The van der Waals surface area contributed by atoms with E-state index in [0.29, 0.717) is 12.5 Å². The fourth-order valence-electron chi connectivity index (χ4n) is 2.74. The molecule has 0 bridgehead atoms. The number of benzene rings is 1. The highest BCUT2D eigenvalue weighted by atomic mass is 32.2. The monoisotopic (exact) mass is 299 g/mol. The van der Waals surface area contributed by atoms with Crippen LogP contribution in [0, 0.1) is 5.82 Å². The smallest absolute Gasteiger partial charge is 0.148 e. The average Bonchev–Trinajstić information content (AvgIpc) is 2.62. The number of halogens is 1. The summed E-state index contributed by atoms with van der Waals surface area (Å²) in [6.07, 6.45) is 4.44. The van der Waals surface area contributed by atoms with E-state index in [-0.39, 0.29) is 11.6 Å². The van der Waals surface area contributed by atoms with E-state index in [0.717, 1.165) is 32.4 Å². The molecule has 5 heteroatoms. The maximum Gasteiger partial charge on any atom is 0.148 e. The molecule has 0 aromatic heterocycles. The van der Waals surface area contributed by atoms with Gasteiger partial charge in [-0.3, -0.25) is 0 Å². The third kappa shape index (κ3) is 4.87. The first-order chi connectivity index (χ1) is 9.44. The molecule has 3 nitrogen and oxygen atoms in total. The molecule has 1 atom stereocenters. The van der Waals surface area contributed by atoms with Crippen LogP contribution < -0.4 is 0 Å². The van der Waals surface area contributed by atoms with Crippen LogP contribution in [0.5, 0.6) is 0 Å². The highest BCUT2D eigenvalue weighted by Gasteiger charge is 2.19. The summed E-state index contributed by atoms with van der Waals surface area (Å²) in [6.45, 7) is 2.49. The van der Waals surface area contributed by atoms with Crippen molar-refractivity contribution < 1.29 is 12.8 Å². The summed E-state index contributed by atoms with van der Waals surface area (Å²) in [6, 6.07) is 6.77. The van der Waals surface area contributed by atoms with E-state index in [4.69, 9.17) is 0 Å². The normalized spacial score (nSPS) is 21.6. The molecule has 0 N–H and O–H groups in total. The van der Waals surface area contributed by atoms with E-state index in [1.165, 1.54) is 24.0 Å². The summed E-state index contributed by atoms with van der Waals surface area (Å²) in [5, 5.41) is 0. The van der Waals surface area contributed by atoms with Gasteiger partial charge in [0.2, 0.25) is 0 Å². The summed E-state index contributed by atoms with van der Waals surface area (Å²) in [5.41, 5.74) is 1.19. The van der Waals surface area contributed by atoms with Crippen LogP contribution in [0.4, 0.5) is 4.39 Å². The Bertz CT molecular complexity index is 527. The molecule has 2 rings (SSSR count). The summed E-state index contributed by atoms with van der Waals surface area (Å²) >= 11 is 0. The molecule has 1 heterocycles. The first-order valence-electron chi connectivity index (χ1n) is 7.09. The van der Waals surface area contributed by atoms with Crippen LogP contribution in [-0.4, -0.2) is 45.0 Å². The van der Waals surface area contributed by atoms with Gasteiger partial charge in [-0.2, -0.15) is 0 Å². The second kappa shape index (κ2) is 6.68. The Morgan fingerprint density at radius 2 is 1.90 bits per heavy atom. The Balaban J connectivity index is 1.90. The molecule has 1 aliphatic heterocycles. The molecule has 20 heavy (non-hydrogen) atoms. The van der Waals surface area contributed by atoms with Gasteiger partial charge in [0.25, 0.3) is 0 Å². The zero-order valence-corrected chi connectivity index (χ0v) is 12.7. The molecule has 1 aromatic carbocycles. The van der Waals surface area contributed by atoms with Crippen molar-refractivity contribution in [1.82, 2.24) is 4.90 Å². The minimum absolute atomic E-state index is 0.197. The van der Waals surface area contributed by atoms with Crippen LogP contribution >= 0.6 is 0 Å². The standard InChI is InChI=1S/C15H22FNO2S/c1-20(18,19)12-11-17-9-2-3-13(8-10-17)14-4-6-15(16)7-5-14/h4-7,13H,2-3,8-12H2,1H3/t13-/m1/s1. The quantitative estimate of drug-likeness (QED) is 0.857. The molecular weight excluding hydrogens is 277 g/mol. The van der Waals surface area contributed by atoms with E-state index in [1.807, 2.05) is 12.1 Å². The van der Waals surface area contributed by atoms with Crippen molar-refractivity contribution in [3.63, 3.8) is 0 Å². The molecule has 0 unspecified atom stereocenters. The highest BCUT2D eigenvalue weighted by Crippen LogP contribution is 2.28. The number of nitrogens with zero attached hydrogens (tertiary/aromatic N) is 1. The van der Waals surface area contributed by atoms with E-state index in [1.54, 1.807) is 0 Å². The summed E-state index contributed by atoms with van der Waals surface area (Å²) in [7, 11) is -2.89. The van der Waals surface area contributed by atoms with Crippen molar-refractivity contribution in [2.24, 2.45) is 0 Å². The van der Waals surface area contributed by atoms with E-state index in [9.17, 15) is 12.8 Å². The topological polar surface area (TPSA) is 37.4 Å². The molecule has 0 saturated carbocycles. The first kappa shape index (κ1) is 15.4. The van der Waals surface area contributed by atoms with Crippen LogP contribution in [-0.2, 0) is 9.84 Å². The zero-order chi connectivity index (χ0) is 14.6. The minimum Gasteiger partial charge on any atom is -0.302 e. The van der Waals surface area contributed by atoms with Gasteiger partial charge in [0.1, 0.15) is 15.7 Å². The van der Waals surface area contributed by atoms with Crippen LogP contribution in [0.2, 0.25) is 0 Å². The Morgan fingerprint density at radius 1 is 1.20 bits per heavy atom. The predicted molar refractivity (Wildman–Crippen MR) is 79.1 cm³/mol. The highest BCUT2D eigenvalue weighted by molar-refractivity contribution is 7.90. The van der Waals surface area contributed by atoms with Gasteiger partial charge in [-0.15, -0.1) is 0 Å². The number of sulfone groups is 1. The summed E-state index contributed by atoms with van der Waals surface area (Å²) in [4.78, 5) is 2.23. The van der Waals surface area contributed by atoms with E-state index in [2.05, 4.69) is 4.90 Å². The number of hydrogen-bond donors (Lipinski definition) is 0. The van der Waals surface area contributed by atoms with Crippen LogP contribution in [0.1, 0.15) is 30.7 Å². The maximum atomic E-state index is 12.9. The van der Waals surface area contributed by atoms with Crippen molar-refractivity contribution in [3.05, 3.63) is 35.6 Å². The van der Waals surface area contributed by atoms with E-state index >= 15 is 0 Å². The van der Waals surface area contributed by atoms with Gasteiger partial charge in [0, 0.05) is 12.8 Å². The van der Waals surface area contributed by atoms with Gasteiger partial charge < -0.3 is 4.90 Å². The molecule has 1 fully saturated rings. The van der Waals surface area contributed by atoms with E-state index < -0.39 is 9.84 Å². The average molecular weight is 299 g/mol. The van der Waals surface area contributed by atoms with Crippen molar-refractivity contribution in [2.75, 3.05) is 31.6 Å². The van der Waals surface area contributed by atoms with Gasteiger partial charge in [-0.05, 0) is 56.0 Å². The molecule has 0 amide bonds. The molecule has 1 aromatic rings. The Labute approximate surface area is 120 Å². The molecule has 1 aliphatic rings. The third-order valence-corrected chi connectivity index (χ3v) is 4.86. The molecule has 112 valence electrons. The third-order valence-electron chi connectivity index (χ3n) is 3.94. The van der Waals surface area contributed by atoms with Crippen molar-refractivity contribution in [1.29, 1.82) is 0 Å². The molecule has 0 radical (unpaired) electrons. The number of hydrogen-bond acceptors (Lipinski definition) is 3. The Kier molecular flexibility index (Phi) is 5.16. The van der Waals surface area contributed by atoms with Crippen molar-refractivity contribution in [3.8, 4) is 0 Å². The second-order valence-electron chi connectivity index (χ2n) is 5.65. The molecule has 0 aliphatic carbocycles. The maximum absolute atomic E-state index is 12.9. The van der Waals surface area contributed by atoms with Gasteiger partial charge in [0.15, 0.2) is 0 Å². The van der Waals surface area contributed by atoms with Gasteiger partial charge in [0.05, 0.1) is 5.75 Å². The number of likely N-dealkylation sites (tertiary alicyclic amines) is 1. The second-order valence-corrected chi connectivity index (χ2v) is 7.91. The van der Waals surface area contributed by atoms with Crippen LogP contribution in [0.25, 0.3) is 0 Å². The van der Waals surface area contributed by atoms with Crippen molar-refractivity contribution >= 4 is 9.84 Å². The fraction of sp³-hybridized carbons (Fsp3) is 0.600. The van der Waals surface area contributed by atoms with Crippen LogP contribution in [0.3, 0.4) is 0 Å². The predicted octanol–water partition coefficient (Wildman–Crippen LogP) is 2.44. The largest absolute Gasteiger partial charge is 0.302 e. The first-order valence-corrected chi connectivity index (χ1v) is 9.15. The van der Waals surface area contributed by atoms with Gasteiger partial charge in [-0.25, -0.2) is 12.8 Å². The summed E-state index contributed by atoms with van der Waals surface area (Å²) in [5.74, 6) is 0.491. The SMILES string of the molecule is CS(=O)(=O)CCN1CCC[C@@H](c2ccc(F)cc2)CC1. The molecule has 0 spiro atoms. The van der Waals surface area contributed by atoms with Gasteiger partial charge in [-0.1, -0.05) is 12.1 Å². The lowest BCUT2D eigenvalue weighted by Crippen LogP contribution is -2.30. The lowest BCUT2D eigenvalue weighted by Gasteiger charge is -2.19. The zero-order valence-electron chi connectivity index (χ0n) is 11.9. The van der Waals surface area contributed by atoms with Crippen LogP contribution in [0.15, 0.2) is 24.3 Å².